The average Bonchev–Trinajstić information content (AvgIpc) is 2.74. The first kappa shape index (κ1) is 17.4. The number of rotatable bonds is 3. The molecule has 2 aliphatic rings. The molecule has 132 valence electrons. The molecule has 5 atom stereocenters. The molecule has 0 radical (unpaired) electrons. The van der Waals surface area contributed by atoms with Crippen LogP contribution in [0.1, 0.15) is 48.3 Å². The molecular formula is C20H29NO3. The highest BCUT2D eigenvalue weighted by molar-refractivity contribution is 5.86. The lowest BCUT2D eigenvalue weighted by Crippen LogP contribution is -2.55. The number of benzene rings is 1. The first-order valence-corrected chi connectivity index (χ1v) is 9.05. The number of ether oxygens (including phenoxy) is 1. The number of fused-ring (bicyclic) bond motifs is 1. The first-order valence-electron chi connectivity index (χ1n) is 9.05. The lowest BCUT2D eigenvalue weighted by atomic mass is 9.75. The number of amides is 1. The Labute approximate surface area is 144 Å². The van der Waals surface area contributed by atoms with Crippen LogP contribution in [0, 0.1) is 25.7 Å². The van der Waals surface area contributed by atoms with Gasteiger partial charge in [0.25, 0.3) is 0 Å². The molecule has 1 aliphatic carbocycles. The van der Waals surface area contributed by atoms with Gasteiger partial charge in [0, 0.05) is 25.7 Å². The summed E-state index contributed by atoms with van der Waals surface area (Å²) in [5.41, 5.74) is 3.17. The number of carbonyl (C=O) groups excluding carboxylic acids is 1. The van der Waals surface area contributed by atoms with E-state index in [1.807, 2.05) is 26.0 Å². The van der Waals surface area contributed by atoms with Crippen molar-refractivity contribution in [1.29, 1.82) is 0 Å². The molecular weight excluding hydrogens is 302 g/mol. The zero-order valence-electron chi connectivity index (χ0n) is 14.9. The third-order valence-corrected chi connectivity index (χ3v) is 5.87. The van der Waals surface area contributed by atoms with Gasteiger partial charge in [-0.25, -0.2) is 0 Å². The van der Waals surface area contributed by atoms with Crippen LogP contribution in [0.2, 0.25) is 0 Å². The summed E-state index contributed by atoms with van der Waals surface area (Å²) in [6.45, 7) is 4.81. The fourth-order valence-corrected chi connectivity index (χ4v) is 4.49. The van der Waals surface area contributed by atoms with Crippen LogP contribution in [0.4, 0.5) is 0 Å². The topological polar surface area (TPSA) is 58.6 Å². The van der Waals surface area contributed by atoms with Gasteiger partial charge in [0.15, 0.2) is 0 Å². The van der Waals surface area contributed by atoms with E-state index in [9.17, 15) is 9.90 Å². The van der Waals surface area contributed by atoms with E-state index in [1.54, 1.807) is 7.11 Å². The Morgan fingerprint density at radius 3 is 2.71 bits per heavy atom. The Kier molecular flexibility index (Phi) is 5.26. The third-order valence-electron chi connectivity index (χ3n) is 5.87. The van der Waals surface area contributed by atoms with Crippen LogP contribution in [-0.2, 0) is 9.53 Å². The van der Waals surface area contributed by atoms with Gasteiger partial charge in [-0.2, -0.15) is 0 Å². The van der Waals surface area contributed by atoms with Crippen molar-refractivity contribution in [3.63, 3.8) is 0 Å². The minimum absolute atomic E-state index is 0.0253. The Morgan fingerprint density at radius 2 is 1.96 bits per heavy atom. The SMILES string of the molecule is COCC1CCC2NC(=O)C(c3cc(C)ccc3C)C(O)C2CC1. The quantitative estimate of drug-likeness (QED) is 0.895. The average molecular weight is 331 g/mol. The van der Waals surface area contributed by atoms with Crippen molar-refractivity contribution in [3.8, 4) is 0 Å². The smallest absolute Gasteiger partial charge is 0.230 e. The Bertz CT molecular complexity index is 601. The summed E-state index contributed by atoms with van der Waals surface area (Å²) in [5, 5.41) is 14.3. The van der Waals surface area contributed by atoms with E-state index in [0.29, 0.717) is 5.92 Å². The van der Waals surface area contributed by atoms with Crippen molar-refractivity contribution in [1.82, 2.24) is 5.32 Å². The van der Waals surface area contributed by atoms with Crippen molar-refractivity contribution in [3.05, 3.63) is 34.9 Å². The van der Waals surface area contributed by atoms with Gasteiger partial charge in [-0.05, 0) is 56.6 Å². The molecule has 3 rings (SSSR count). The zero-order chi connectivity index (χ0) is 17.3. The maximum absolute atomic E-state index is 12.7. The van der Waals surface area contributed by atoms with Crippen LogP contribution in [0.25, 0.3) is 0 Å². The van der Waals surface area contributed by atoms with E-state index in [4.69, 9.17) is 4.74 Å². The molecule has 1 saturated heterocycles. The Morgan fingerprint density at radius 1 is 1.21 bits per heavy atom. The predicted octanol–water partition coefficient (Wildman–Crippen LogP) is 2.70. The van der Waals surface area contributed by atoms with Crippen LogP contribution in [-0.4, -0.2) is 36.9 Å². The third kappa shape index (κ3) is 3.35. The molecule has 1 aromatic carbocycles. The fourth-order valence-electron chi connectivity index (χ4n) is 4.49. The van der Waals surface area contributed by atoms with Crippen LogP contribution in [0.3, 0.4) is 0 Å². The normalized spacial score (nSPS) is 33.5. The van der Waals surface area contributed by atoms with Crippen molar-refractivity contribution in [2.75, 3.05) is 13.7 Å². The summed E-state index contributed by atoms with van der Waals surface area (Å²) < 4.78 is 5.31. The summed E-state index contributed by atoms with van der Waals surface area (Å²) >= 11 is 0. The van der Waals surface area contributed by atoms with E-state index in [-0.39, 0.29) is 17.9 Å². The van der Waals surface area contributed by atoms with E-state index in [2.05, 4.69) is 11.4 Å². The minimum atomic E-state index is -0.606. The van der Waals surface area contributed by atoms with Crippen LogP contribution in [0.5, 0.6) is 0 Å². The van der Waals surface area contributed by atoms with Crippen LogP contribution < -0.4 is 5.32 Å². The highest BCUT2D eigenvalue weighted by Gasteiger charge is 2.45. The van der Waals surface area contributed by atoms with Gasteiger partial charge < -0.3 is 15.2 Å². The Balaban J connectivity index is 1.84. The summed E-state index contributed by atoms with van der Waals surface area (Å²) in [4.78, 5) is 12.7. The van der Waals surface area contributed by atoms with Crippen molar-refractivity contribution in [2.24, 2.45) is 11.8 Å². The van der Waals surface area contributed by atoms with Gasteiger partial charge in [0.2, 0.25) is 5.91 Å². The summed E-state index contributed by atoms with van der Waals surface area (Å²) in [6, 6.07) is 6.23. The number of nitrogens with one attached hydrogen (secondary N) is 1. The molecule has 1 amide bonds. The van der Waals surface area contributed by atoms with E-state index in [0.717, 1.165) is 49.0 Å². The molecule has 0 aromatic heterocycles. The van der Waals surface area contributed by atoms with Crippen LogP contribution in [0.15, 0.2) is 18.2 Å². The number of hydrogen-bond acceptors (Lipinski definition) is 3. The summed E-state index contributed by atoms with van der Waals surface area (Å²) in [7, 11) is 1.74. The van der Waals surface area contributed by atoms with Crippen molar-refractivity contribution in [2.45, 2.75) is 57.6 Å². The minimum Gasteiger partial charge on any atom is -0.392 e. The summed E-state index contributed by atoms with van der Waals surface area (Å²) in [6.07, 6.45) is 3.38. The lowest BCUT2D eigenvalue weighted by Gasteiger charge is -2.40. The van der Waals surface area contributed by atoms with Gasteiger partial charge in [-0.1, -0.05) is 23.8 Å². The van der Waals surface area contributed by atoms with E-state index in [1.165, 1.54) is 0 Å². The number of carbonyl (C=O) groups is 1. The van der Waals surface area contributed by atoms with Gasteiger partial charge in [0.05, 0.1) is 12.0 Å². The second kappa shape index (κ2) is 7.24. The number of piperidine rings is 1. The number of hydrogen-bond donors (Lipinski definition) is 2. The molecule has 2 N–H and O–H groups in total. The highest BCUT2D eigenvalue weighted by atomic mass is 16.5. The number of aliphatic hydroxyl groups is 1. The molecule has 0 spiro atoms. The molecule has 0 bridgehead atoms. The van der Waals surface area contributed by atoms with Gasteiger partial charge >= 0.3 is 0 Å². The summed E-state index contributed by atoms with van der Waals surface area (Å²) in [5.74, 6) is 0.186. The molecule has 4 heteroatoms. The first-order chi connectivity index (χ1) is 11.5. The molecule has 1 saturated carbocycles. The highest BCUT2D eigenvalue weighted by Crippen LogP contribution is 2.39. The maximum Gasteiger partial charge on any atom is 0.230 e. The standard InChI is InChI=1S/C20H29NO3/c1-12-4-5-13(2)16(10-12)18-19(22)15-8-6-14(11-24-3)7-9-17(15)21-20(18)23/h4-5,10,14-15,17-19,22H,6-9,11H2,1-3H3,(H,21,23). The van der Waals surface area contributed by atoms with Gasteiger partial charge in [-0.3, -0.25) is 4.79 Å². The molecule has 2 fully saturated rings. The molecule has 24 heavy (non-hydrogen) atoms. The molecule has 4 nitrogen and oxygen atoms in total. The molecule has 5 unspecified atom stereocenters. The molecule has 1 heterocycles. The number of methoxy groups -OCH3 is 1. The van der Waals surface area contributed by atoms with Crippen LogP contribution >= 0.6 is 0 Å². The predicted molar refractivity (Wildman–Crippen MR) is 93.9 cm³/mol. The number of aryl methyl sites for hydroxylation is 2. The van der Waals surface area contributed by atoms with Crippen molar-refractivity contribution >= 4 is 5.91 Å². The molecule has 1 aliphatic heterocycles. The maximum atomic E-state index is 12.7. The lowest BCUT2D eigenvalue weighted by molar-refractivity contribution is -0.132. The second-order valence-electron chi connectivity index (χ2n) is 7.58. The fraction of sp³-hybridized carbons (Fsp3) is 0.650. The Hall–Kier alpha value is -1.39. The monoisotopic (exact) mass is 331 g/mol. The van der Waals surface area contributed by atoms with Gasteiger partial charge in [-0.15, -0.1) is 0 Å². The second-order valence-corrected chi connectivity index (χ2v) is 7.58. The zero-order valence-corrected chi connectivity index (χ0v) is 14.9. The molecule has 1 aromatic rings. The largest absolute Gasteiger partial charge is 0.392 e. The number of aliphatic hydroxyl groups excluding tert-OH is 1. The van der Waals surface area contributed by atoms with Crippen molar-refractivity contribution < 1.29 is 14.6 Å². The van der Waals surface area contributed by atoms with Gasteiger partial charge in [0.1, 0.15) is 0 Å². The van der Waals surface area contributed by atoms with E-state index >= 15 is 0 Å². The van der Waals surface area contributed by atoms with E-state index < -0.39 is 12.0 Å².